The Balaban J connectivity index is 1.39. The maximum Gasteiger partial charge on any atom is 0.257 e. The lowest BCUT2D eigenvalue weighted by Crippen LogP contribution is -2.45. The Bertz CT molecular complexity index is 781. The van der Waals surface area contributed by atoms with Gasteiger partial charge in [0.05, 0.1) is 24.5 Å². The number of piperidine rings is 1. The molecule has 1 spiro atoms. The van der Waals surface area contributed by atoms with Gasteiger partial charge in [0.15, 0.2) is 5.79 Å². The molecule has 2 aliphatic rings. The third kappa shape index (κ3) is 3.40. The van der Waals surface area contributed by atoms with Gasteiger partial charge in [-0.15, -0.1) is 0 Å². The highest BCUT2D eigenvalue weighted by Gasteiger charge is 2.39. The zero-order valence-corrected chi connectivity index (χ0v) is 14.3. The number of ether oxygens (including phenoxy) is 2. The van der Waals surface area contributed by atoms with Crippen LogP contribution in [0.2, 0.25) is 0 Å². The van der Waals surface area contributed by atoms with Gasteiger partial charge < -0.3 is 19.7 Å². The van der Waals surface area contributed by atoms with Crippen LogP contribution in [0.4, 0.5) is 15.9 Å². The van der Waals surface area contributed by atoms with Crippen LogP contribution in [0.3, 0.4) is 0 Å². The zero-order valence-electron chi connectivity index (χ0n) is 14.3. The highest BCUT2D eigenvalue weighted by atomic mass is 19.1. The molecule has 3 heterocycles. The first-order chi connectivity index (χ1) is 12.7. The van der Waals surface area contributed by atoms with Crippen LogP contribution >= 0.6 is 0 Å². The number of aromatic nitrogens is 1. The Morgan fingerprint density at radius 3 is 2.50 bits per heavy atom. The summed E-state index contributed by atoms with van der Waals surface area (Å²) < 4.78 is 25.1. The number of hydrogen-bond acceptors (Lipinski definition) is 5. The van der Waals surface area contributed by atoms with Gasteiger partial charge in [-0.2, -0.15) is 0 Å². The molecule has 4 rings (SSSR count). The van der Waals surface area contributed by atoms with Gasteiger partial charge in [-0.3, -0.25) is 4.79 Å². The van der Waals surface area contributed by atoms with Crippen LogP contribution in [0.1, 0.15) is 23.2 Å². The molecule has 26 heavy (non-hydrogen) atoms. The predicted molar refractivity (Wildman–Crippen MR) is 94.7 cm³/mol. The van der Waals surface area contributed by atoms with Crippen molar-refractivity contribution in [3.63, 3.8) is 0 Å². The average Bonchev–Trinajstić information content (AvgIpc) is 3.12. The summed E-state index contributed by atoms with van der Waals surface area (Å²) in [6.45, 7) is 2.88. The quantitative estimate of drug-likeness (QED) is 0.915. The molecule has 2 aliphatic heterocycles. The lowest BCUT2D eigenvalue weighted by Gasteiger charge is -2.38. The summed E-state index contributed by atoms with van der Waals surface area (Å²) in [5.41, 5.74) is 0.535. The molecular weight excluding hydrogens is 337 g/mol. The summed E-state index contributed by atoms with van der Waals surface area (Å²) in [5, 5.41) is 2.56. The number of carbonyl (C=O) groups excluding carboxylic acids is 1. The van der Waals surface area contributed by atoms with E-state index in [2.05, 4.69) is 15.2 Å². The van der Waals surface area contributed by atoms with Crippen molar-refractivity contribution in [2.45, 2.75) is 18.6 Å². The van der Waals surface area contributed by atoms with Crippen LogP contribution in [0.15, 0.2) is 42.6 Å². The Morgan fingerprint density at radius 1 is 1.12 bits per heavy atom. The molecule has 2 fully saturated rings. The molecule has 7 heteroatoms. The first-order valence-electron chi connectivity index (χ1n) is 8.70. The minimum absolute atomic E-state index is 0.152. The van der Waals surface area contributed by atoms with Crippen LogP contribution in [-0.4, -0.2) is 43.0 Å². The van der Waals surface area contributed by atoms with Crippen molar-refractivity contribution in [3.05, 3.63) is 54.0 Å². The van der Waals surface area contributed by atoms with Gasteiger partial charge in [-0.1, -0.05) is 12.1 Å². The normalized spacial score (nSPS) is 18.9. The van der Waals surface area contributed by atoms with E-state index in [-0.39, 0.29) is 11.6 Å². The van der Waals surface area contributed by atoms with E-state index in [0.717, 1.165) is 31.7 Å². The van der Waals surface area contributed by atoms with Crippen molar-refractivity contribution < 1.29 is 18.7 Å². The van der Waals surface area contributed by atoms with E-state index in [0.29, 0.717) is 18.8 Å². The first kappa shape index (κ1) is 16.9. The van der Waals surface area contributed by atoms with E-state index < -0.39 is 11.6 Å². The van der Waals surface area contributed by atoms with Crippen molar-refractivity contribution in [3.8, 4) is 0 Å². The number of pyridine rings is 1. The van der Waals surface area contributed by atoms with Gasteiger partial charge in [0.1, 0.15) is 11.6 Å². The summed E-state index contributed by atoms with van der Waals surface area (Å²) in [7, 11) is 0. The minimum atomic E-state index is -0.468. The largest absolute Gasteiger partial charge is 0.356 e. The summed E-state index contributed by atoms with van der Waals surface area (Å²) in [5.74, 6) is -0.473. The van der Waals surface area contributed by atoms with Crippen molar-refractivity contribution in [2.24, 2.45) is 0 Å². The van der Waals surface area contributed by atoms with Crippen LogP contribution in [-0.2, 0) is 9.47 Å². The third-order valence-electron chi connectivity index (χ3n) is 4.79. The van der Waals surface area contributed by atoms with Crippen LogP contribution < -0.4 is 10.2 Å². The molecule has 6 nitrogen and oxygen atoms in total. The van der Waals surface area contributed by atoms with Crippen LogP contribution in [0.25, 0.3) is 0 Å². The van der Waals surface area contributed by atoms with E-state index in [4.69, 9.17) is 9.47 Å². The van der Waals surface area contributed by atoms with Gasteiger partial charge in [-0.05, 0) is 24.3 Å². The summed E-state index contributed by atoms with van der Waals surface area (Å²) in [6.07, 6.45) is 3.10. The second kappa shape index (κ2) is 7.01. The molecule has 1 N–H and O–H groups in total. The molecular formula is C19H20FN3O3. The number of carbonyl (C=O) groups is 1. The zero-order chi connectivity index (χ0) is 18.0. The highest BCUT2D eigenvalue weighted by Crippen LogP contribution is 2.32. The molecule has 2 saturated heterocycles. The number of rotatable bonds is 3. The number of halogens is 1. The number of nitrogens with zero attached hydrogens (tertiary/aromatic N) is 2. The van der Waals surface area contributed by atoms with Crippen molar-refractivity contribution in [2.75, 3.05) is 36.5 Å². The number of benzene rings is 1. The highest BCUT2D eigenvalue weighted by molar-refractivity contribution is 6.04. The predicted octanol–water partition coefficient (Wildman–Crippen LogP) is 2.82. The van der Waals surface area contributed by atoms with Gasteiger partial charge in [0, 0.05) is 32.1 Å². The van der Waals surface area contributed by atoms with E-state index in [9.17, 15) is 9.18 Å². The number of anilines is 2. The Labute approximate surface area is 150 Å². The monoisotopic (exact) mass is 357 g/mol. The Morgan fingerprint density at radius 2 is 1.85 bits per heavy atom. The first-order valence-corrected chi connectivity index (χ1v) is 8.70. The second-order valence-corrected chi connectivity index (χ2v) is 6.43. The Kier molecular flexibility index (Phi) is 4.57. The van der Waals surface area contributed by atoms with Gasteiger partial charge >= 0.3 is 0 Å². The molecule has 0 radical (unpaired) electrons. The summed E-state index contributed by atoms with van der Waals surface area (Å²) in [4.78, 5) is 18.8. The Hall–Kier alpha value is -2.51. The van der Waals surface area contributed by atoms with E-state index in [1.54, 1.807) is 18.2 Å². The lowest BCUT2D eigenvalue weighted by atomic mass is 10.0. The van der Waals surface area contributed by atoms with Gasteiger partial charge in [-0.25, -0.2) is 9.37 Å². The standard InChI is InChI=1S/C19H20FN3O3/c20-15-3-1-2-4-16(15)22-18(24)14-5-6-17(21-13-14)23-9-7-19(8-10-23)25-11-12-26-19/h1-6,13H,7-12H2,(H,22,24). The number of nitrogens with one attached hydrogen (secondary N) is 1. The molecule has 1 aromatic heterocycles. The maximum absolute atomic E-state index is 13.6. The van der Waals surface area contributed by atoms with E-state index in [1.807, 2.05) is 6.07 Å². The lowest BCUT2D eigenvalue weighted by molar-refractivity contribution is -0.169. The smallest absolute Gasteiger partial charge is 0.257 e. The molecule has 136 valence electrons. The second-order valence-electron chi connectivity index (χ2n) is 6.43. The molecule has 0 saturated carbocycles. The molecule has 1 amide bonds. The summed E-state index contributed by atoms with van der Waals surface area (Å²) >= 11 is 0. The SMILES string of the molecule is O=C(Nc1ccccc1F)c1ccc(N2CCC3(CC2)OCCO3)nc1. The molecule has 0 atom stereocenters. The van der Waals surface area contributed by atoms with Crippen molar-refractivity contribution in [1.82, 2.24) is 4.98 Å². The van der Waals surface area contributed by atoms with Gasteiger partial charge in [0.2, 0.25) is 0 Å². The van der Waals surface area contributed by atoms with Crippen molar-refractivity contribution >= 4 is 17.4 Å². The molecule has 0 unspecified atom stereocenters. The fourth-order valence-electron chi connectivity index (χ4n) is 3.33. The van der Waals surface area contributed by atoms with Gasteiger partial charge in [0.25, 0.3) is 5.91 Å². The average molecular weight is 357 g/mol. The maximum atomic E-state index is 13.6. The minimum Gasteiger partial charge on any atom is -0.356 e. The molecule has 0 aliphatic carbocycles. The molecule has 1 aromatic carbocycles. The van der Waals surface area contributed by atoms with Crippen LogP contribution in [0.5, 0.6) is 0 Å². The topological polar surface area (TPSA) is 63.7 Å². The number of hydrogen-bond donors (Lipinski definition) is 1. The third-order valence-corrected chi connectivity index (χ3v) is 4.79. The molecule has 0 bridgehead atoms. The summed E-state index contributed by atoms with van der Waals surface area (Å²) in [6, 6.07) is 9.58. The number of para-hydroxylation sites is 1. The van der Waals surface area contributed by atoms with E-state index >= 15 is 0 Å². The molecule has 2 aromatic rings. The van der Waals surface area contributed by atoms with Crippen LogP contribution in [0, 0.1) is 5.82 Å². The fraction of sp³-hybridized carbons (Fsp3) is 0.368. The number of amides is 1. The van der Waals surface area contributed by atoms with Crippen molar-refractivity contribution in [1.29, 1.82) is 0 Å². The van der Waals surface area contributed by atoms with E-state index in [1.165, 1.54) is 18.3 Å². The fourth-order valence-corrected chi connectivity index (χ4v) is 3.33.